The van der Waals surface area contributed by atoms with Gasteiger partial charge in [-0.3, -0.25) is 9.69 Å². The van der Waals surface area contributed by atoms with E-state index in [1.165, 1.54) is 0 Å². The SMILES string of the molecule is CCC(C(=O)N1CCN(Cc2noc(-c3cccc(Cl)c3)n2)CC1)c1ccccc1. The van der Waals surface area contributed by atoms with Gasteiger partial charge in [-0.05, 0) is 30.2 Å². The van der Waals surface area contributed by atoms with Crippen LogP contribution in [0, 0.1) is 0 Å². The fraction of sp³-hybridized carbons (Fsp3) is 0.348. The Labute approximate surface area is 181 Å². The zero-order chi connectivity index (χ0) is 20.9. The molecule has 4 rings (SSSR count). The molecule has 1 aliphatic rings. The van der Waals surface area contributed by atoms with Crippen molar-refractivity contribution in [1.82, 2.24) is 19.9 Å². The van der Waals surface area contributed by atoms with Crippen molar-refractivity contribution in [3.63, 3.8) is 0 Å². The van der Waals surface area contributed by atoms with Crippen LogP contribution in [0.5, 0.6) is 0 Å². The van der Waals surface area contributed by atoms with Crippen molar-refractivity contribution in [3.8, 4) is 11.5 Å². The topological polar surface area (TPSA) is 62.5 Å². The van der Waals surface area contributed by atoms with Gasteiger partial charge in [0, 0.05) is 36.8 Å². The molecular weight excluding hydrogens is 400 g/mol. The van der Waals surface area contributed by atoms with E-state index in [0.29, 0.717) is 36.4 Å². The van der Waals surface area contributed by atoms with Gasteiger partial charge in [-0.15, -0.1) is 0 Å². The van der Waals surface area contributed by atoms with Gasteiger partial charge in [0.1, 0.15) is 0 Å². The number of benzene rings is 2. The quantitative estimate of drug-likeness (QED) is 0.592. The molecule has 0 spiro atoms. The number of carbonyl (C=O) groups excluding carboxylic acids is 1. The monoisotopic (exact) mass is 424 g/mol. The third-order valence-corrected chi connectivity index (χ3v) is 5.73. The highest BCUT2D eigenvalue weighted by Gasteiger charge is 2.28. The Morgan fingerprint density at radius 1 is 1.10 bits per heavy atom. The zero-order valence-corrected chi connectivity index (χ0v) is 17.8. The van der Waals surface area contributed by atoms with Crippen molar-refractivity contribution < 1.29 is 9.32 Å². The lowest BCUT2D eigenvalue weighted by molar-refractivity contribution is -0.134. The van der Waals surface area contributed by atoms with Gasteiger partial charge in [-0.2, -0.15) is 4.98 Å². The molecule has 6 nitrogen and oxygen atoms in total. The highest BCUT2D eigenvalue weighted by atomic mass is 35.5. The van der Waals surface area contributed by atoms with Gasteiger partial charge in [0.05, 0.1) is 12.5 Å². The number of carbonyl (C=O) groups is 1. The Morgan fingerprint density at radius 3 is 2.57 bits per heavy atom. The van der Waals surface area contributed by atoms with E-state index < -0.39 is 0 Å². The molecule has 1 unspecified atom stereocenters. The van der Waals surface area contributed by atoms with Crippen molar-refractivity contribution in [2.75, 3.05) is 26.2 Å². The van der Waals surface area contributed by atoms with Crippen LogP contribution in [0.25, 0.3) is 11.5 Å². The summed E-state index contributed by atoms with van der Waals surface area (Å²) in [6.07, 6.45) is 0.804. The summed E-state index contributed by atoms with van der Waals surface area (Å²) in [4.78, 5) is 21.8. The summed E-state index contributed by atoms with van der Waals surface area (Å²) in [6, 6.07) is 17.4. The van der Waals surface area contributed by atoms with E-state index in [4.69, 9.17) is 16.1 Å². The highest BCUT2D eigenvalue weighted by molar-refractivity contribution is 6.30. The molecule has 0 radical (unpaired) electrons. The maximum absolute atomic E-state index is 13.0. The van der Waals surface area contributed by atoms with Crippen LogP contribution in [-0.4, -0.2) is 52.0 Å². The first-order valence-electron chi connectivity index (χ1n) is 10.3. The predicted octanol–water partition coefficient (Wildman–Crippen LogP) is 4.23. The van der Waals surface area contributed by atoms with Crippen LogP contribution in [0.15, 0.2) is 59.1 Å². The minimum Gasteiger partial charge on any atom is -0.340 e. The second-order valence-electron chi connectivity index (χ2n) is 7.50. The molecule has 2 aromatic carbocycles. The summed E-state index contributed by atoms with van der Waals surface area (Å²) >= 11 is 6.04. The number of nitrogens with zero attached hydrogens (tertiary/aromatic N) is 4. The smallest absolute Gasteiger partial charge is 0.258 e. The molecule has 0 bridgehead atoms. The van der Waals surface area contributed by atoms with Gasteiger partial charge < -0.3 is 9.42 Å². The molecular formula is C23H25ClN4O2. The lowest BCUT2D eigenvalue weighted by Crippen LogP contribution is -2.49. The third-order valence-electron chi connectivity index (χ3n) is 5.50. The maximum atomic E-state index is 13.0. The Hall–Kier alpha value is -2.70. The van der Waals surface area contributed by atoms with Crippen LogP contribution in [-0.2, 0) is 11.3 Å². The number of rotatable bonds is 6. The molecule has 1 aromatic heterocycles. The van der Waals surface area contributed by atoms with Crippen molar-refractivity contribution in [2.24, 2.45) is 0 Å². The summed E-state index contributed by atoms with van der Waals surface area (Å²) in [5.41, 5.74) is 1.90. The predicted molar refractivity (Wildman–Crippen MR) is 116 cm³/mol. The first-order chi connectivity index (χ1) is 14.6. The lowest BCUT2D eigenvalue weighted by Gasteiger charge is -2.36. The van der Waals surface area contributed by atoms with Crippen molar-refractivity contribution in [3.05, 3.63) is 71.0 Å². The van der Waals surface area contributed by atoms with Crippen molar-refractivity contribution >= 4 is 17.5 Å². The van der Waals surface area contributed by atoms with Crippen molar-refractivity contribution in [2.45, 2.75) is 25.8 Å². The van der Waals surface area contributed by atoms with Crippen LogP contribution < -0.4 is 0 Å². The zero-order valence-electron chi connectivity index (χ0n) is 17.0. The first kappa shape index (κ1) is 20.6. The molecule has 7 heteroatoms. The Balaban J connectivity index is 1.33. The van der Waals surface area contributed by atoms with Gasteiger partial charge >= 0.3 is 0 Å². The van der Waals surface area contributed by atoms with E-state index in [1.54, 1.807) is 6.07 Å². The first-order valence-corrected chi connectivity index (χ1v) is 10.7. The van der Waals surface area contributed by atoms with E-state index in [0.717, 1.165) is 30.6 Å². The summed E-state index contributed by atoms with van der Waals surface area (Å²) in [6.45, 7) is 5.67. The van der Waals surface area contributed by atoms with E-state index in [2.05, 4.69) is 22.0 Å². The number of piperazine rings is 1. The Kier molecular flexibility index (Phi) is 6.45. The molecule has 1 fully saturated rings. The van der Waals surface area contributed by atoms with Crippen LogP contribution in [0.1, 0.15) is 30.7 Å². The van der Waals surface area contributed by atoms with Crippen LogP contribution in [0.4, 0.5) is 0 Å². The lowest BCUT2D eigenvalue weighted by atomic mass is 9.95. The van der Waals surface area contributed by atoms with Gasteiger partial charge in [-0.1, -0.05) is 60.1 Å². The van der Waals surface area contributed by atoms with Crippen LogP contribution >= 0.6 is 11.6 Å². The van der Waals surface area contributed by atoms with Gasteiger partial charge in [-0.25, -0.2) is 0 Å². The minimum absolute atomic E-state index is 0.0739. The largest absolute Gasteiger partial charge is 0.340 e. The number of halogens is 1. The minimum atomic E-state index is -0.0739. The second kappa shape index (κ2) is 9.41. The summed E-state index contributed by atoms with van der Waals surface area (Å²) in [5, 5.41) is 4.73. The Morgan fingerprint density at radius 2 is 1.87 bits per heavy atom. The molecule has 2 heterocycles. The van der Waals surface area contributed by atoms with E-state index >= 15 is 0 Å². The van der Waals surface area contributed by atoms with E-state index in [1.807, 2.05) is 53.4 Å². The molecule has 1 atom stereocenters. The molecule has 1 saturated heterocycles. The average Bonchev–Trinajstić information content (AvgIpc) is 3.24. The highest BCUT2D eigenvalue weighted by Crippen LogP contribution is 2.24. The number of hydrogen-bond acceptors (Lipinski definition) is 5. The molecule has 0 aliphatic carbocycles. The van der Waals surface area contributed by atoms with Crippen LogP contribution in [0.2, 0.25) is 5.02 Å². The summed E-state index contributed by atoms with van der Waals surface area (Å²) in [7, 11) is 0. The fourth-order valence-electron chi connectivity index (χ4n) is 3.84. The fourth-order valence-corrected chi connectivity index (χ4v) is 4.03. The van der Waals surface area contributed by atoms with Gasteiger partial charge in [0.15, 0.2) is 5.82 Å². The molecule has 30 heavy (non-hydrogen) atoms. The normalized spacial score (nSPS) is 15.9. The Bertz CT molecular complexity index is 984. The van der Waals surface area contributed by atoms with Crippen molar-refractivity contribution in [1.29, 1.82) is 0 Å². The third kappa shape index (κ3) is 4.71. The number of aromatic nitrogens is 2. The number of amides is 1. The standard InChI is InChI=1S/C23H25ClN4O2/c1-2-20(17-7-4-3-5-8-17)23(29)28-13-11-27(12-14-28)16-21-25-22(30-26-21)18-9-6-10-19(24)15-18/h3-10,15,20H,2,11-14,16H2,1H3. The molecule has 0 N–H and O–H groups in total. The molecule has 156 valence electrons. The molecule has 1 aliphatic heterocycles. The summed E-state index contributed by atoms with van der Waals surface area (Å²) < 4.78 is 5.39. The maximum Gasteiger partial charge on any atom is 0.258 e. The van der Waals surface area contributed by atoms with E-state index in [9.17, 15) is 4.79 Å². The molecule has 3 aromatic rings. The molecule has 1 amide bonds. The number of hydrogen-bond donors (Lipinski definition) is 0. The summed E-state index contributed by atoms with van der Waals surface area (Å²) in [5.74, 6) is 1.25. The van der Waals surface area contributed by atoms with E-state index in [-0.39, 0.29) is 11.8 Å². The second-order valence-corrected chi connectivity index (χ2v) is 7.94. The molecule has 0 saturated carbocycles. The van der Waals surface area contributed by atoms with Gasteiger partial charge in [0.2, 0.25) is 5.91 Å². The average molecular weight is 425 g/mol. The van der Waals surface area contributed by atoms with Crippen LogP contribution in [0.3, 0.4) is 0 Å². The van der Waals surface area contributed by atoms with Gasteiger partial charge in [0.25, 0.3) is 5.89 Å².